The number of halogens is 1. The number of rotatable bonds is 8. The third-order valence-corrected chi connectivity index (χ3v) is 3.68. The van der Waals surface area contributed by atoms with Gasteiger partial charge in [-0.1, -0.05) is 0 Å². The number of hydrogen-bond donors (Lipinski definition) is 4. The molecule has 134 valence electrons. The van der Waals surface area contributed by atoms with Gasteiger partial charge in [0.25, 0.3) is 0 Å². The Hall–Kier alpha value is -2.44. The number of aromatic nitrogens is 1. The van der Waals surface area contributed by atoms with Crippen LogP contribution in [-0.4, -0.2) is 35.7 Å². The molecule has 0 aliphatic rings. The molecule has 8 nitrogen and oxygen atoms in total. The molecular weight excluding hydrogens is 386 g/mol. The van der Waals surface area contributed by atoms with Crippen molar-refractivity contribution >= 4 is 38.0 Å². The molecule has 0 aromatic carbocycles. The van der Waals surface area contributed by atoms with E-state index in [2.05, 4.69) is 37.3 Å². The monoisotopic (exact) mass is 407 g/mol. The molecule has 0 unspecified atom stereocenters. The molecule has 0 bridgehead atoms. The van der Waals surface area contributed by atoms with Gasteiger partial charge in [0.1, 0.15) is 16.3 Å². The van der Waals surface area contributed by atoms with Gasteiger partial charge in [-0.15, -0.1) is 0 Å². The Labute approximate surface area is 155 Å². The van der Waals surface area contributed by atoms with E-state index in [4.69, 9.17) is 21.6 Å². The second kappa shape index (κ2) is 9.15. The van der Waals surface area contributed by atoms with Crippen molar-refractivity contribution in [3.8, 4) is 6.07 Å². The third-order valence-electron chi connectivity index (χ3n) is 3.29. The van der Waals surface area contributed by atoms with Crippen molar-refractivity contribution < 1.29 is 4.74 Å². The first kappa shape index (κ1) is 20.6. The van der Waals surface area contributed by atoms with Crippen LogP contribution in [0.1, 0.15) is 25.0 Å². The van der Waals surface area contributed by atoms with Crippen LogP contribution in [0.2, 0.25) is 0 Å². The van der Waals surface area contributed by atoms with Crippen LogP contribution in [0.25, 0.3) is 0 Å². The second-order valence-electron chi connectivity index (χ2n) is 5.62. The van der Waals surface area contributed by atoms with Crippen molar-refractivity contribution in [2.24, 2.45) is 16.5 Å². The number of anilines is 1. The zero-order valence-electron chi connectivity index (χ0n) is 14.4. The van der Waals surface area contributed by atoms with Crippen molar-refractivity contribution in [1.82, 2.24) is 4.98 Å². The third kappa shape index (κ3) is 5.55. The lowest BCUT2D eigenvalue weighted by atomic mass is 9.83. The first-order valence-electron chi connectivity index (χ1n) is 7.43. The van der Waals surface area contributed by atoms with Gasteiger partial charge in [0.2, 0.25) is 0 Å². The molecule has 0 radical (unpaired) electrons. The SMILES string of the molecule is COCCNc1cc(C(C)(C)C#N)c(C(=N)Br)c(/N=C(N)\C=C/N)n1. The van der Waals surface area contributed by atoms with Crippen LogP contribution in [0.15, 0.2) is 23.3 Å². The van der Waals surface area contributed by atoms with E-state index in [-0.39, 0.29) is 16.3 Å². The highest BCUT2D eigenvalue weighted by molar-refractivity contribution is 9.18. The lowest BCUT2D eigenvalue weighted by Gasteiger charge is -2.22. The van der Waals surface area contributed by atoms with Crippen molar-refractivity contribution in [3.63, 3.8) is 0 Å². The summed E-state index contributed by atoms with van der Waals surface area (Å²) in [6.45, 7) is 4.54. The number of hydrogen-bond acceptors (Lipinski definition) is 7. The molecule has 1 rings (SSSR count). The molecule has 0 fully saturated rings. The summed E-state index contributed by atoms with van der Waals surface area (Å²) in [5.41, 5.74) is 11.3. The lowest BCUT2D eigenvalue weighted by molar-refractivity contribution is 0.210. The second-order valence-corrected chi connectivity index (χ2v) is 6.41. The molecule has 0 amide bonds. The minimum Gasteiger partial charge on any atom is -0.404 e. The number of methoxy groups -OCH3 is 1. The molecule has 9 heteroatoms. The van der Waals surface area contributed by atoms with E-state index in [1.54, 1.807) is 27.0 Å². The van der Waals surface area contributed by atoms with Gasteiger partial charge in [-0.05, 0) is 53.7 Å². The van der Waals surface area contributed by atoms with Crippen molar-refractivity contribution in [1.29, 1.82) is 10.7 Å². The molecule has 0 aliphatic carbocycles. The number of amidine groups is 1. The predicted molar refractivity (Wildman–Crippen MR) is 104 cm³/mol. The van der Waals surface area contributed by atoms with E-state index in [1.807, 2.05) is 0 Å². The zero-order chi connectivity index (χ0) is 19.0. The Morgan fingerprint density at radius 2 is 2.28 bits per heavy atom. The maximum absolute atomic E-state index is 9.53. The molecule has 1 aromatic heterocycles. The van der Waals surface area contributed by atoms with E-state index in [9.17, 15) is 5.26 Å². The number of aliphatic imine (C=N–C) groups is 1. The predicted octanol–water partition coefficient (Wildman–Crippen LogP) is 2.12. The highest BCUT2D eigenvalue weighted by Crippen LogP contribution is 2.34. The molecule has 1 heterocycles. The fraction of sp³-hybridized carbons (Fsp3) is 0.375. The number of nitriles is 1. The highest BCUT2D eigenvalue weighted by Gasteiger charge is 2.28. The van der Waals surface area contributed by atoms with Crippen LogP contribution in [0.4, 0.5) is 11.6 Å². The minimum absolute atomic E-state index is 0.0602. The van der Waals surface area contributed by atoms with E-state index < -0.39 is 5.41 Å². The van der Waals surface area contributed by atoms with Crippen molar-refractivity contribution in [2.75, 3.05) is 25.6 Å². The summed E-state index contributed by atoms with van der Waals surface area (Å²) in [6.07, 6.45) is 2.68. The van der Waals surface area contributed by atoms with Crippen LogP contribution in [0.3, 0.4) is 0 Å². The van der Waals surface area contributed by atoms with Crippen LogP contribution < -0.4 is 16.8 Å². The summed E-state index contributed by atoms with van der Waals surface area (Å²) in [6, 6.07) is 3.98. The molecule has 0 saturated heterocycles. The minimum atomic E-state index is -0.862. The largest absolute Gasteiger partial charge is 0.404 e. The van der Waals surface area contributed by atoms with Gasteiger partial charge in [0.05, 0.1) is 23.7 Å². The average molecular weight is 408 g/mol. The van der Waals surface area contributed by atoms with Gasteiger partial charge in [0.15, 0.2) is 5.82 Å². The zero-order valence-corrected chi connectivity index (χ0v) is 16.0. The Bertz CT molecular complexity index is 735. The molecule has 1 aromatic rings. The van der Waals surface area contributed by atoms with Gasteiger partial charge in [0, 0.05) is 13.7 Å². The van der Waals surface area contributed by atoms with Gasteiger partial charge < -0.3 is 21.5 Å². The summed E-state index contributed by atoms with van der Waals surface area (Å²) in [5.74, 6) is 0.870. The summed E-state index contributed by atoms with van der Waals surface area (Å²) in [5, 5.41) is 20.7. The van der Waals surface area contributed by atoms with Crippen LogP contribution in [0, 0.1) is 16.7 Å². The summed E-state index contributed by atoms with van der Waals surface area (Å²) in [7, 11) is 1.60. The molecule has 25 heavy (non-hydrogen) atoms. The topological polar surface area (TPSA) is 146 Å². The normalized spacial score (nSPS) is 12.2. The first-order valence-corrected chi connectivity index (χ1v) is 8.22. The van der Waals surface area contributed by atoms with Gasteiger partial charge in [-0.3, -0.25) is 5.41 Å². The molecular formula is C16H22BrN7O. The van der Waals surface area contributed by atoms with E-state index in [0.29, 0.717) is 30.1 Å². The molecule has 0 spiro atoms. The number of nitrogens with one attached hydrogen (secondary N) is 2. The number of pyridine rings is 1. The van der Waals surface area contributed by atoms with E-state index in [1.165, 1.54) is 12.3 Å². The molecule has 0 aliphatic heterocycles. The molecule has 0 atom stereocenters. The fourth-order valence-electron chi connectivity index (χ4n) is 2.01. The number of nitrogens with two attached hydrogens (primary N) is 2. The fourth-order valence-corrected chi connectivity index (χ4v) is 2.40. The Morgan fingerprint density at radius 3 is 2.80 bits per heavy atom. The van der Waals surface area contributed by atoms with Crippen LogP contribution >= 0.6 is 15.9 Å². The standard InChI is InChI=1S/C16H22BrN7O/c1-16(2,9-19)10-8-12(22-6-7-25-3)24-15(13(10)14(17)21)23-11(20)4-5-18/h4-5,8,21H,6-7,18H2,1-3H3,(H3,20,22,23,24)/b5-4-,21-14?. The summed E-state index contributed by atoms with van der Waals surface area (Å²) >= 11 is 3.16. The number of ether oxygens (including phenoxy) is 1. The number of nitrogens with zero attached hydrogens (tertiary/aromatic N) is 3. The smallest absolute Gasteiger partial charge is 0.166 e. The average Bonchev–Trinajstić information content (AvgIpc) is 2.54. The first-order chi connectivity index (χ1) is 11.8. The van der Waals surface area contributed by atoms with Crippen LogP contribution in [0.5, 0.6) is 0 Å². The van der Waals surface area contributed by atoms with Gasteiger partial charge >= 0.3 is 0 Å². The van der Waals surface area contributed by atoms with E-state index in [0.717, 1.165) is 0 Å². The quantitative estimate of drug-likeness (QED) is 0.294. The molecule has 0 saturated carbocycles. The Kier molecular flexibility index (Phi) is 7.54. The highest BCUT2D eigenvalue weighted by atomic mass is 79.9. The maximum Gasteiger partial charge on any atom is 0.166 e. The van der Waals surface area contributed by atoms with E-state index >= 15 is 0 Å². The summed E-state index contributed by atoms with van der Waals surface area (Å²) < 4.78 is 5.08. The van der Waals surface area contributed by atoms with Crippen molar-refractivity contribution in [2.45, 2.75) is 19.3 Å². The van der Waals surface area contributed by atoms with Crippen molar-refractivity contribution in [3.05, 3.63) is 29.5 Å². The molecule has 6 N–H and O–H groups in total. The Balaban J connectivity index is 3.62. The summed E-state index contributed by atoms with van der Waals surface area (Å²) in [4.78, 5) is 8.64. The van der Waals surface area contributed by atoms with Gasteiger partial charge in [-0.2, -0.15) is 5.26 Å². The Morgan fingerprint density at radius 1 is 1.60 bits per heavy atom. The van der Waals surface area contributed by atoms with Gasteiger partial charge in [-0.25, -0.2) is 9.98 Å². The van der Waals surface area contributed by atoms with Crippen LogP contribution in [-0.2, 0) is 10.2 Å². The lowest BCUT2D eigenvalue weighted by Crippen LogP contribution is -2.20. The maximum atomic E-state index is 9.53.